The van der Waals surface area contributed by atoms with Crippen LogP contribution in [0.25, 0.3) is 0 Å². The molecule has 0 unspecified atom stereocenters. The fourth-order valence-corrected chi connectivity index (χ4v) is 1.01. The summed E-state index contributed by atoms with van der Waals surface area (Å²) >= 11 is 0. The van der Waals surface area contributed by atoms with Gasteiger partial charge in [0, 0.05) is 20.2 Å². The third-order valence-electron chi connectivity index (χ3n) is 1.75. The molecule has 0 aliphatic heterocycles. The van der Waals surface area contributed by atoms with Crippen LogP contribution in [0.2, 0.25) is 0 Å². The SMILES string of the molecule is CN=C(NN)NCc1cc(=O)n(C)[nH]1. The van der Waals surface area contributed by atoms with Crippen molar-refractivity contribution in [3.8, 4) is 0 Å². The summed E-state index contributed by atoms with van der Waals surface area (Å²) in [4.78, 5) is 14.9. The molecule has 0 saturated carbocycles. The maximum atomic E-state index is 11.1. The molecule has 0 aromatic carbocycles. The number of rotatable bonds is 2. The number of guanidine groups is 1. The highest BCUT2D eigenvalue weighted by Crippen LogP contribution is 1.87. The molecule has 5 N–H and O–H groups in total. The lowest BCUT2D eigenvalue weighted by Crippen LogP contribution is -2.41. The molecular formula is C7H14N6O. The van der Waals surface area contributed by atoms with Gasteiger partial charge in [-0.05, 0) is 0 Å². The van der Waals surface area contributed by atoms with Crippen LogP contribution >= 0.6 is 0 Å². The molecular weight excluding hydrogens is 184 g/mol. The van der Waals surface area contributed by atoms with Crippen LogP contribution < -0.4 is 22.1 Å². The second kappa shape index (κ2) is 4.47. The lowest BCUT2D eigenvalue weighted by molar-refractivity contribution is 0.707. The monoisotopic (exact) mass is 198 g/mol. The lowest BCUT2D eigenvalue weighted by Gasteiger charge is -2.05. The molecule has 7 heteroatoms. The Hall–Kier alpha value is -1.76. The van der Waals surface area contributed by atoms with Crippen LogP contribution in [0.15, 0.2) is 15.9 Å². The van der Waals surface area contributed by atoms with Crippen molar-refractivity contribution >= 4 is 5.96 Å². The van der Waals surface area contributed by atoms with Gasteiger partial charge in [-0.3, -0.25) is 25.0 Å². The van der Waals surface area contributed by atoms with Gasteiger partial charge < -0.3 is 5.32 Å². The lowest BCUT2D eigenvalue weighted by atomic mass is 10.4. The van der Waals surface area contributed by atoms with Gasteiger partial charge in [0.2, 0.25) is 5.96 Å². The average Bonchev–Trinajstić information content (AvgIpc) is 2.48. The summed E-state index contributed by atoms with van der Waals surface area (Å²) in [6, 6.07) is 1.51. The van der Waals surface area contributed by atoms with Gasteiger partial charge in [0.1, 0.15) is 0 Å². The van der Waals surface area contributed by atoms with Crippen molar-refractivity contribution in [3.05, 3.63) is 22.1 Å². The molecule has 0 spiro atoms. The molecule has 0 bridgehead atoms. The maximum Gasteiger partial charge on any atom is 0.266 e. The van der Waals surface area contributed by atoms with Crippen LogP contribution in [0, 0.1) is 0 Å². The van der Waals surface area contributed by atoms with E-state index in [0.717, 1.165) is 5.69 Å². The Bertz CT molecular complexity index is 376. The molecule has 7 nitrogen and oxygen atoms in total. The summed E-state index contributed by atoms with van der Waals surface area (Å²) in [6.07, 6.45) is 0. The minimum absolute atomic E-state index is 0.0718. The number of hydrazine groups is 1. The van der Waals surface area contributed by atoms with Crippen molar-refractivity contribution in [2.24, 2.45) is 17.9 Å². The van der Waals surface area contributed by atoms with Crippen molar-refractivity contribution in [3.63, 3.8) is 0 Å². The number of aromatic amines is 1. The van der Waals surface area contributed by atoms with Gasteiger partial charge in [0.15, 0.2) is 0 Å². The van der Waals surface area contributed by atoms with E-state index in [1.54, 1.807) is 14.1 Å². The van der Waals surface area contributed by atoms with Crippen molar-refractivity contribution in [1.29, 1.82) is 0 Å². The standard InChI is InChI=1S/C7H14N6O/c1-9-7(11-8)10-4-5-3-6(14)13(2)12-5/h3,12H,4,8H2,1-2H3,(H2,9,10,11). The predicted molar refractivity (Wildman–Crippen MR) is 53.6 cm³/mol. The molecule has 0 saturated heterocycles. The Morgan fingerprint density at radius 3 is 2.93 bits per heavy atom. The average molecular weight is 198 g/mol. The number of nitrogens with one attached hydrogen (secondary N) is 3. The number of nitrogens with zero attached hydrogens (tertiary/aromatic N) is 2. The molecule has 1 aromatic heterocycles. The van der Waals surface area contributed by atoms with Crippen LogP contribution in [-0.4, -0.2) is 22.8 Å². The van der Waals surface area contributed by atoms with Crippen LogP contribution in [0.1, 0.15) is 5.69 Å². The van der Waals surface area contributed by atoms with E-state index in [4.69, 9.17) is 5.84 Å². The number of H-pyrrole nitrogens is 1. The highest BCUT2D eigenvalue weighted by molar-refractivity contribution is 5.78. The molecule has 1 heterocycles. The van der Waals surface area contributed by atoms with Gasteiger partial charge in [0.05, 0.1) is 12.2 Å². The minimum Gasteiger partial charge on any atom is -0.350 e. The molecule has 78 valence electrons. The summed E-state index contributed by atoms with van der Waals surface area (Å²) in [7, 11) is 3.26. The van der Waals surface area contributed by atoms with Crippen LogP contribution in [0.5, 0.6) is 0 Å². The van der Waals surface area contributed by atoms with Gasteiger partial charge in [-0.15, -0.1) is 0 Å². The zero-order valence-corrected chi connectivity index (χ0v) is 8.16. The number of hydrogen-bond acceptors (Lipinski definition) is 3. The molecule has 1 aromatic rings. The number of aromatic nitrogens is 2. The zero-order valence-electron chi connectivity index (χ0n) is 8.16. The van der Waals surface area contributed by atoms with Crippen LogP contribution in [0.4, 0.5) is 0 Å². The number of aliphatic imine (C=N–C) groups is 1. The van der Waals surface area contributed by atoms with E-state index >= 15 is 0 Å². The molecule has 0 radical (unpaired) electrons. The molecule has 0 atom stereocenters. The fourth-order valence-electron chi connectivity index (χ4n) is 1.01. The highest BCUT2D eigenvalue weighted by Gasteiger charge is 1.99. The Morgan fingerprint density at radius 2 is 2.50 bits per heavy atom. The van der Waals surface area contributed by atoms with E-state index in [-0.39, 0.29) is 5.56 Å². The van der Waals surface area contributed by atoms with E-state index < -0.39 is 0 Å². The smallest absolute Gasteiger partial charge is 0.266 e. The van der Waals surface area contributed by atoms with Gasteiger partial charge in [-0.1, -0.05) is 0 Å². The summed E-state index contributed by atoms with van der Waals surface area (Å²) in [5.74, 6) is 5.63. The first-order valence-corrected chi connectivity index (χ1v) is 4.09. The Kier molecular flexibility index (Phi) is 3.29. The predicted octanol–water partition coefficient (Wildman–Crippen LogP) is -1.75. The van der Waals surface area contributed by atoms with E-state index in [2.05, 4.69) is 20.8 Å². The first-order chi connectivity index (χ1) is 6.67. The third-order valence-corrected chi connectivity index (χ3v) is 1.75. The van der Waals surface area contributed by atoms with E-state index in [9.17, 15) is 4.79 Å². The molecule has 14 heavy (non-hydrogen) atoms. The number of hydrogen-bond donors (Lipinski definition) is 4. The zero-order chi connectivity index (χ0) is 10.6. The number of aryl methyl sites for hydroxylation is 1. The summed E-state index contributed by atoms with van der Waals surface area (Å²) in [5, 5.41) is 5.77. The van der Waals surface area contributed by atoms with Crippen molar-refractivity contribution in [2.75, 3.05) is 7.05 Å². The molecule has 0 aliphatic rings. The van der Waals surface area contributed by atoms with Gasteiger partial charge in [-0.2, -0.15) is 0 Å². The van der Waals surface area contributed by atoms with Gasteiger partial charge >= 0.3 is 0 Å². The second-order valence-electron chi connectivity index (χ2n) is 2.75. The Labute approximate surface area is 81.0 Å². The molecule has 0 fully saturated rings. The van der Waals surface area contributed by atoms with Crippen molar-refractivity contribution < 1.29 is 0 Å². The van der Waals surface area contributed by atoms with E-state index in [1.165, 1.54) is 10.7 Å². The topological polar surface area (TPSA) is 100 Å². The first kappa shape index (κ1) is 10.3. The van der Waals surface area contributed by atoms with Gasteiger partial charge in [-0.25, -0.2) is 5.84 Å². The molecule has 0 amide bonds. The largest absolute Gasteiger partial charge is 0.350 e. The highest BCUT2D eigenvalue weighted by atomic mass is 16.1. The van der Waals surface area contributed by atoms with Crippen LogP contribution in [0.3, 0.4) is 0 Å². The normalized spacial score (nSPS) is 11.5. The van der Waals surface area contributed by atoms with Gasteiger partial charge in [0.25, 0.3) is 5.56 Å². The Balaban J connectivity index is 2.58. The molecule has 1 rings (SSSR count). The van der Waals surface area contributed by atoms with E-state index in [0.29, 0.717) is 12.5 Å². The maximum absolute atomic E-state index is 11.1. The number of nitrogens with two attached hydrogens (primary N) is 1. The van der Waals surface area contributed by atoms with Crippen molar-refractivity contribution in [1.82, 2.24) is 20.5 Å². The summed E-state index contributed by atoms with van der Waals surface area (Å²) in [5.41, 5.74) is 3.08. The van der Waals surface area contributed by atoms with Crippen LogP contribution in [-0.2, 0) is 13.6 Å². The quantitative estimate of drug-likeness (QED) is 0.196. The molecule has 0 aliphatic carbocycles. The summed E-state index contributed by atoms with van der Waals surface area (Å²) < 4.78 is 1.40. The summed E-state index contributed by atoms with van der Waals surface area (Å²) in [6.45, 7) is 0.465. The van der Waals surface area contributed by atoms with Crippen molar-refractivity contribution in [2.45, 2.75) is 6.54 Å². The van der Waals surface area contributed by atoms with E-state index in [1.807, 2.05) is 0 Å². The third kappa shape index (κ3) is 2.36. The first-order valence-electron chi connectivity index (χ1n) is 4.09. The fraction of sp³-hybridized carbons (Fsp3) is 0.429. The minimum atomic E-state index is -0.0718. The Morgan fingerprint density at radius 1 is 1.79 bits per heavy atom. The second-order valence-corrected chi connectivity index (χ2v) is 2.75.